The van der Waals surface area contributed by atoms with Gasteiger partial charge in [-0.2, -0.15) is 0 Å². The third-order valence-corrected chi connectivity index (χ3v) is 6.32. The number of pyridine rings is 1. The van der Waals surface area contributed by atoms with Gasteiger partial charge >= 0.3 is 0 Å². The first kappa shape index (κ1) is 22.3. The summed E-state index contributed by atoms with van der Waals surface area (Å²) in [6.07, 6.45) is 0.235. The van der Waals surface area contributed by atoms with Crippen LogP contribution in [0.15, 0.2) is 48.5 Å². The fourth-order valence-electron chi connectivity index (χ4n) is 4.82. The quantitative estimate of drug-likeness (QED) is 0.344. The number of fused-ring (bicyclic) bond motifs is 4. The number of nitrogens with two attached hydrogens (primary N) is 1. The van der Waals surface area contributed by atoms with E-state index in [-0.39, 0.29) is 31.5 Å². The van der Waals surface area contributed by atoms with E-state index < -0.39 is 23.8 Å². The summed E-state index contributed by atoms with van der Waals surface area (Å²) in [5.74, 6) is -1.81. The molecule has 5 N–H and O–H groups in total. The average Bonchev–Trinajstić information content (AvgIpc) is 3.42. The van der Waals surface area contributed by atoms with Crippen molar-refractivity contribution in [1.29, 1.82) is 0 Å². The van der Waals surface area contributed by atoms with Crippen LogP contribution in [-0.4, -0.2) is 63.7 Å². The van der Waals surface area contributed by atoms with Crippen molar-refractivity contribution in [3.8, 4) is 0 Å². The van der Waals surface area contributed by atoms with Gasteiger partial charge in [0.25, 0.3) is 5.91 Å². The predicted octanol–water partition coefficient (Wildman–Crippen LogP) is 1.19. The molecule has 3 heterocycles. The summed E-state index contributed by atoms with van der Waals surface area (Å²) in [5, 5.41) is 6.96. The number of nitrogens with one attached hydrogen (secondary N) is 3. The van der Waals surface area contributed by atoms with E-state index in [9.17, 15) is 19.2 Å². The molecule has 2 atom stereocenters. The highest BCUT2D eigenvalue weighted by Crippen LogP contribution is 2.31. The third kappa shape index (κ3) is 4.03. The zero-order valence-corrected chi connectivity index (χ0v) is 19.0. The van der Waals surface area contributed by atoms with E-state index in [0.29, 0.717) is 27.5 Å². The molecule has 2 aromatic heterocycles. The summed E-state index contributed by atoms with van der Waals surface area (Å²) in [6.45, 7) is 1.19. The van der Waals surface area contributed by atoms with Gasteiger partial charge in [0.15, 0.2) is 0 Å². The lowest BCUT2D eigenvalue weighted by molar-refractivity contribution is -0.136. The van der Waals surface area contributed by atoms with Crippen molar-refractivity contribution in [3.63, 3.8) is 0 Å². The number of aromatic amines is 1. The second-order valence-electron chi connectivity index (χ2n) is 8.68. The SMILES string of the molecule is CC(=O)NC1CC(C(N)=O)N(C(=O)CNC(=O)c2c3ccccc3nc3c2[nH]c2ccccc23)C1. The standard InChI is InChI=1S/C25H24N6O4/c1-13(32)28-14-10-19(24(26)34)31(12-14)20(33)11-27-25(35)21-15-6-2-4-8-17(15)29-22-16-7-3-5-9-18(16)30-23(21)22/h2-9,14,19,30H,10-12H2,1H3,(H2,26,34)(H,27,35)(H,28,32). The Bertz CT molecular complexity index is 1510. The number of aromatic nitrogens is 2. The van der Waals surface area contributed by atoms with Crippen LogP contribution in [0.4, 0.5) is 0 Å². The van der Waals surface area contributed by atoms with Gasteiger partial charge in [-0.1, -0.05) is 36.4 Å². The molecular weight excluding hydrogens is 448 g/mol. The number of carbonyl (C=O) groups is 4. The topological polar surface area (TPSA) is 150 Å². The zero-order chi connectivity index (χ0) is 24.7. The van der Waals surface area contributed by atoms with Crippen molar-refractivity contribution >= 4 is 56.5 Å². The molecule has 1 fully saturated rings. The molecule has 4 amide bonds. The van der Waals surface area contributed by atoms with Gasteiger partial charge < -0.3 is 26.3 Å². The fraction of sp³-hybridized carbons (Fsp3) is 0.240. The molecule has 2 aromatic carbocycles. The number of hydrogen-bond acceptors (Lipinski definition) is 5. The van der Waals surface area contributed by atoms with Gasteiger partial charge in [0.2, 0.25) is 17.7 Å². The van der Waals surface area contributed by atoms with Gasteiger partial charge in [0.1, 0.15) is 6.04 Å². The van der Waals surface area contributed by atoms with E-state index >= 15 is 0 Å². The molecule has 5 rings (SSSR count). The third-order valence-electron chi connectivity index (χ3n) is 6.32. The van der Waals surface area contributed by atoms with Gasteiger partial charge in [0, 0.05) is 35.8 Å². The summed E-state index contributed by atoms with van der Waals surface area (Å²) in [4.78, 5) is 59.0. The highest BCUT2D eigenvalue weighted by Gasteiger charge is 2.38. The van der Waals surface area contributed by atoms with Gasteiger partial charge in [-0.15, -0.1) is 0 Å². The fourth-order valence-corrected chi connectivity index (χ4v) is 4.82. The van der Waals surface area contributed by atoms with Crippen LogP contribution in [0.2, 0.25) is 0 Å². The second kappa shape index (κ2) is 8.71. The number of H-pyrrole nitrogens is 1. The minimum atomic E-state index is -0.849. The molecular formula is C25H24N6O4. The highest BCUT2D eigenvalue weighted by molar-refractivity contribution is 6.20. The number of likely N-dealkylation sites (tertiary alicyclic amines) is 1. The molecule has 1 aliphatic heterocycles. The van der Waals surface area contributed by atoms with Crippen molar-refractivity contribution in [3.05, 3.63) is 54.1 Å². The van der Waals surface area contributed by atoms with E-state index in [2.05, 4.69) is 15.6 Å². The van der Waals surface area contributed by atoms with Crippen LogP contribution in [0.3, 0.4) is 0 Å². The smallest absolute Gasteiger partial charge is 0.254 e. The van der Waals surface area contributed by atoms with Gasteiger partial charge in [-0.25, -0.2) is 4.98 Å². The summed E-state index contributed by atoms with van der Waals surface area (Å²) in [6, 6.07) is 13.7. The van der Waals surface area contributed by atoms with Gasteiger partial charge in [-0.05, 0) is 18.6 Å². The number of primary amides is 1. The normalized spacial score (nSPS) is 17.7. The van der Waals surface area contributed by atoms with Crippen molar-refractivity contribution in [1.82, 2.24) is 25.5 Å². The molecule has 178 valence electrons. The Labute approximate surface area is 199 Å². The Morgan fingerprint density at radius 2 is 1.80 bits per heavy atom. The van der Waals surface area contributed by atoms with Crippen LogP contribution in [0.1, 0.15) is 23.7 Å². The highest BCUT2D eigenvalue weighted by atomic mass is 16.2. The first-order valence-electron chi connectivity index (χ1n) is 11.3. The van der Waals surface area contributed by atoms with E-state index in [0.717, 1.165) is 10.9 Å². The first-order chi connectivity index (χ1) is 16.8. The number of nitrogens with zero attached hydrogens (tertiary/aromatic N) is 2. The molecule has 0 bridgehead atoms. The number of amides is 4. The molecule has 0 radical (unpaired) electrons. The monoisotopic (exact) mass is 472 g/mol. The second-order valence-corrected chi connectivity index (χ2v) is 8.68. The lowest BCUT2D eigenvalue weighted by Crippen LogP contribution is -2.47. The minimum absolute atomic E-state index is 0.145. The molecule has 4 aromatic rings. The number of carbonyl (C=O) groups excluding carboxylic acids is 4. The summed E-state index contributed by atoms with van der Waals surface area (Å²) in [7, 11) is 0. The summed E-state index contributed by atoms with van der Waals surface area (Å²) >= 11 is 0. The maximum atomic E-state index is 13.4. The molecule has 10 heteroatoms. The Morgan fingerprint density at radius 3 is 2.54 bits per heavy atom. The van der Waals surface area contributed by atoms with Crippen molar-refractivity contribution in [2.45, 2.75) is 25.4 Å². The molecule has 0 aliphatic carbocycles. The first-order valence-corrected chi connectivity index (χ1v) is 11.3. The molecule has 35 heavy (non-hydrogen) atoms. The molecule has 0 saturated carbocycles. The maximum Gasteiger partial charge on any atom is 0.254 e. The lowest BCUT2D eigenvalue weighted by atomic mass is 10.1. The van der Waals surface area contributed by atoms with Crippen LogP contribution in [-0.2, 0) is 14.4 Å². The molecule has 1 aliphatic rings. The Morgan fingerprint density at radius 1 is 1.09 bits per heavy atom. The van der Waals surface area contributed by atoms with E-state index in [1.165, 1.54) is 11.8 Å². The molecule has 1 saturated heterocycles. The van der Waals surface area contributed by atoms with Gasteiger partial charge in [-0.3, -0.25) is 19.2 Å². The number of benzene rings is 2. The largest absolute Gasteiger partial charge is 0.368 e. The molecule has 0 spiro atoms. The van der Waals surface area contributed by atoms with Gasteiger partial charge in [0.05, 0.1) is 28.7 Å². The molecule has 10 nitrogen and oxygen atoms in total. The number of para-hydroxylation sites is 2. The van der Waals surface area contributed by atoms with E-state index in [1.54, 1.807) is 0 Å². The number of hydrogen-bond donors (Lipinski definition) is 4. The Hall–Kier alpha value is -4.47. The predicted molar refractivity (Wildman–Crippen MR) is 130 cm³/mol. The van der Waals surface area contributed by atoms with Crippen LogP contribution < -0.4 is 16.4 Å². The summed E-state index contributed by atoms with van der Waals surface area (Å²) in [5.41, 5.74) is 8.63. The van der Waals surface area contributed by atoms with Crippen molar-refractivity contribution < 1.29 is 19.2 Å². The van der Waals surface area contributed by atoms with Crippen molar-refractivity contribution in [2.24, 2.45) is 5.73 Å². The summed E-state index contributed by atoms with van der Waals surface area (Å²) < 4.78 is 0. The van der Waals surface area contributed by atoms with E-state index in [4.69, 9.17) is 10.7 Å². The van der Waals surface area contributed by atoms with Crippen LogP contribution in [0.25, 0.3) is 32.8 Å². The Kier molecular flexibility index (Phi) is 5.56. The zero-order valence-electron chi connectivity index (χ0n) is 19.0. The van der Waals surface area contributed by atoms with E-state index in [1.807, 2.05) is 48.5 Å². The van der Waals surface area contributed by atoms with Crippen LogP contribution in [0.5, 0.6) is 0 Å². The average molecular weight is 473 g/mol. The van der Waals surface area contributed by atoms with Crippen LogP contribution >= 0.6 is 0 Å². The van der Waals surface area contributed by atoms with Crippen LogP contribution in [0, 0.1) is 0 Å². The maximum absolute atomic E-state index is 13.4. The number of rotatable bonds is 5. The minimum Gasteiger partial charge on any atom is -0.368 e. The lowest BCUT2D eigenvalue weighted by Gasteiger charge is -2.22. The molecule has 2 unspecified atom stereocenters. The Balaban J connectivity index is 1.44. The van der Waals surface area contributed by atoms with Crippen molar-refractivity contribution in [2.75, 3.05) is 13.1 Å².